The second-order valence-corrected chi connectivity index (χ2v) is 5.47. The highest BCUT2D eigenvalue weighted by Crippen LogP contribution is 2.26. The largest absolute Gasteiger partial charge is 0.348 e. The fourth-order valence-electron chi connectivity index (χ4n) is 1.74. The Morgan fingerprint density at radius 1 is 1.18 bits per heavy atom. The quantitative estimate of drug-likeness (QED) is 0.775. The minimum atomic E-state index is 0.610. The third kappa shape index (κ3) is 4.28. The summed E-state index contributed by atoms with van der Waals surface area (Å²) in [4.78, 5) is 8.29. The van der Waals surface area contributed by atoms with Crippen molar-refractivity contribution in [1.82, 2.24) is 4.98 Å². The van der Waals surface area contributed by atoms with Gasteiger partial charge < -0.3 is 10.6 Å². The summed E-state index contributed by atoms with van der Waals surface area (Å²) in [5.41, 5.74) is 6.82. The van der Waals surface area contributed by atoms with Crippen LogP contribution in [0.5, 0.6) is 0 Å². The fourth-order valence-corrected chi connectivity index (χ4v) is 2.73. The van der Waals surface area contributed by atoms with E-state index in [4.69, 9.17) is 5.73 Å². The summed E-state index contributed by atoms with van der Waals surface area (Å²) >= 11 is 1.76. The Morgan fingerprint density at radius 2 is 1.76 bits per heavy atom. The topological polar surface area (TPSA) is 42.2 Å². The second-order valence-electron chi connectivity index (χ2n) is 4.40. The molecule has 0 aliphatic rings. The molecule has 0 spiro atoms. The van der Waals surface area contributed by atoms with E-state index in [2.05, 4.69) is 30.7 Å². The average Bonchev–Trinajstić information content (AvgIpc) is 2.70. The molecule has 4 heteroatoms. The molecular formula is C13H25N3S. The van der Waals surface area contributed by atoms with Crippen LogP contribution in [0.4, 0.5) is 5.13 Å². The molecule has 3 nitrogen and oxygen atoms in total. The molecule has 0 unspecified atom stereocenters. The second kappa shape index (κ2) is 7.67. The van der Waals surface area contributed by atoms with Crippen LogP contribution in [0.2, 0.25) is 0 Å². The molecule has 17 heavy (non-hydrogen) atoms. The van der Waals surface area contributed by atoms with Gasteiger partial charge in [0.15, 0.2) is 5.13 Å². The first kappa shape index (κ1) is 14.5. The van der Waals surface area contributed by atoms with Gasteiger partial charge in [0.25, 0.3) is 0 Å². The predicted octanol–water partition coefficient (Wildman–Crippen LogP) is 3.32. The number of aromatic nitrogens is 1. The SMILES string of the molecule is CCCCN(CCCC)c1nc(C)c(CN)s1. The summed E-state index contributed by atoms with van der Waals surface area (Å²) in [7, 11) is 0. The van der Waals surface area contributed by atoms with E-state index in [1.54, 1.807) is 11.3 Å². The number of hydrogen-bond donors (Lipinski definition) is 1. The van der Waals surface area contributed by atoms with Crippen molar-refractivity contribution in [3.63, 3.8) is 0 Å². The summed E-state index contributed by atoms with van der Waals surface area (Å²) in [6.07, 6.45) is 4.94. The van der Waals surface area contributed by atoms with Crippen molar-refractivity contribution in [2.24, 2.45) is 5.73 Å². The molecule has 1 heterocycles. The summed E-state index contributed by atoms with van der Waals surface area (Å²) in [6, 6.07) is 0. The average molecular weight is 255 g/mol. The number of anilines is 1. The van der Waals surface area contributed by atoms with E-state index in [1.807, 2.05) is 0 Å². The molecular weight excluding hydrogens is 230 g/mol. The Morgan fingerprint density at radius 3 is 2.18 bits per heavy atom. The van der Waals surface area contributed by atoms with Crippen molar-refractivity contribution in [3.8, 4) is 0 Å². The number of unbranched alkanes of at least 4 members (excludes halogenated alkanes) is 2. The van der Waals surface area contributed by atoms with Gasteiger partial charge in [-0.1, -0.05) is 26.7 Å². The van der Waals surface area contributed by atoms with Crippen LogP contribution in [0.25, 0.3) is 0 Å². The van der Waals surface area contributed by atoms with E-state index in [0.29, 0.717) is 6.54 Å². The van der Waals surface area contributed by atoms with Crippen LogP contribution in [-0.2, 0) is 6.54 Å². The maximum Gasteiger partial charge on any atom is 0.185 e. The fraction of sp³-hybridized carbons (Fsp3) is 0.769. The smallest absolute Gasteiger partial charge is 0.185 e. The highest BCUT2D eigenvalue weighted by molar-refractivity contribution is 7.15. The summed E-state index contributed by atoms with van der Waals surface area (Å²) in [5, 5.41) is 1.16. The Balaban J connectivity index is 2.71. The van der Waals surface area contributed by atoms with E-state index in [0.717, 1.165) is 23.9 Å². The van der Waals surface area contributed by atoms with Gasteiger partial charge in [0.05, 0.1) is 5.69 Å². The third-order valence-electron chi connectivity index (χ3n) is 2.90. The van der Waals surface area contributed by atoms with Crippen LogP contribution in [0.15, 0.2) is 0 Å². The van der Waals surface area contributed by atoms with Gasteiger partial charge in [0.1, 0.15) is 0 Å². The zero-order valence-corrected chi connectivity index (χ0v) is 12.1. The zero-order chi connectivity index (χ0) is 12.7. The highest BCUT2D eigenvalue weighted by Gasteiger charge is 2.12. The monoisotopic (exact) mass is 255 g/mol. The van der Waals surface area contributed by atoms with Crippen molar-refractivity contribution < 1.29 is 0 Å². The molecule has 1 aromatic rings. The molecule has 0 atom stereocenters. The molecule has 0 amide bonds. The number of nitrogens with two attached hydrogens (primary N) is 1. The molecule has 0 aliphatic heterocycles. The van der Waals surface area contributed by atoms with Crippen LogP contribution in [-0.4, -0.2) is 18.1 Å². The molecule has 98 valence electrons. The molecule has 2 N–H and O–H groups in total. The van der Waals surface area contributed by atoms with Crippen LogP contribution >= 0.6 is 11.3 Å². The van der Waals surface area contributed by atoms with Crippen molar-refractivity contribution in [2.45, 2.75) is 53.0 Å². The van der Waals surface area contributed by atoms with E-state index in [9.17, 15) is 0 Å². The maximum atomic E-state index is 5.72. The van der Waals surface area contributed by atoms with Crippen molar-refractivity contribution in [1.29, 1.82) is 0 Å². The number of aryl methyl sites for hydroxylation is 1. The Labute approximate surface area is 109 Å². The van der Waals surface area contributed by atoms with E-state index >= 15 is 0 Å². The van der Waals surface area contributed by atoms with Gasteiger partial charge in [0, 0.05) is 24.5 Å². The molecule has 0 fully saturated rings. The molecule has 0 radical (unpaired) electrons. The van der Waals surface area contributed by atoms with Gasteiger partial charge >= 0.3 is 0 Å². The van der Waals surface area contributed by atoms with Crippen molar-refractivity contribution in [3.05, 3.63) is 10.6 Å². The van der Waals surface area contributed by atoms with E-state index in [1.165, 1.54) is 30.6 Å². The standard InChI is InChI=1S/C13H25N3S/c1-4-6-8-16(9-7-5-2)13-15-11(3)12(10-14)17-13/h4-10,14H2,1-3H3. The zero-order valence-electron chi connectivity index (χ0n) is 11.3. The Bertz CT molecular complexity index is 314. The van der Waals surface area contributed by atoms with Crippen LogP contribution < -0.4 is 10.6 Å². The molecule has 0 saturated heterocycles. The minimum absolute atomic E-state index is 0.610. The Kier molecular flexibility index (Phi) is 6.52. The number of hydrogen-bond acceptors (Lipinski definition) is 4. The minimum Gasteiger partial charge on any atom is -0.348 e. The van der Waals surface area contributed by atoms with E-state index < -0.39 is 0 Å². The molecule has 1 aromatic heterocycles. The first-order chi connectivity index (χ1) is 8.22. The van der Waals surface area contributed by atoms with Gasteiger partial charge in [-0.2, -0.15) is 0 Å². The lowest BCUT2D eigenvalue weighted by Crippen LogP contribution is -2.25. The molecule has 0 aliphatic carbocycles. The van der Waals surface area contributed by atoms with Crippen LogP contribution in [0.3, 0.4) is 0 Å². The first-order valence-electron chi connectivity index (χ1n) is 6.64. The van der Waals surface area contributed by atoms with Gasteiger partial charge in [-0.3, -0.25) is 0 Å². The van der Waals surface area contributed by atoms with Crippen LogP contribution in [0, 0.1) is 6.92 Å². The highest BCUT2D eigenvalue weighted by atomic mass is 32.1. The lowest BCUT2D eigenvalue weighted by Gasteiger charge is -2.21. The van der Waals surface area contributed by atoms with Crippen molar-refractivity contribution in [2.75, 3.05) is 18.0 Å². The van der Waals surface area contributed by atoms with Gasteiger partial charge in [0.2, 0.25) is 0 Å². The molecule has 0 saturated carbocycles. The molecule has 0 aromatic carbocycles. The number of nitrogens with zero attached hydrogens (tertiary/aromatic N) is 2. The normalized spacial score (nSPS) is 10.8. The van der Waals surface area contributed by atoms with E-state index in [-0.39, 0.29) is 0 Å². The third-order valence-corrected chi connectivity index (χ3v) is 4.14. The maximum absolute atomic E-state index is 5.72. The lowest BCUT2D eigenvalue weighted by atomic mass is 10.3. The summed E-state index contributed by atoms with van der Waals surface area (Å²) in [6.45, 7) is 9.37. The van der Waals surface area contributed by atoms with Crippen LogP contribution in [0.1, 0.15) is 50.1 Å². The molecule has 0 bridgehead atoms. The number of thiazole rings is 1. The molecule has 1 rings (SSSR count). The number of rotatable bonds is 8. The predicted molar refractivity (Wildman–Crippen MR) is 76.8 cm³/mol. The first-order valence-corrected chi connectivity index (χ1v) is 7.45. The lowest BCUT2D eigenvalue weighted by molar-refractivity contribution is 0.676. The van der Waals surface area contributed by atoms with Gasteiger partial charge in [-0.25, -0.2) is 4.98 Å². The summed E-state index contributed by atoms with van der Waals surface area (Å²) in [5.74, 6) is 0. The van der Waals surface area contributed by atoms with Gasteiger partial charge in [-0.15, -0.1) is 11.3 Å². The van der Waals surface area contributed by atoms with Gasteiger partial charge in [-0.05, 0) is 19.8 Å². The Hall–Kier alpha value is -0.610. The summed E-state index contributed by atoms with van der Waals surface area (Å²) < 4.78 is 0. The van der Waals surface area contributed by atoms with Crippen molar-refractivity contribution >= 4 is 16.5 Å².